The van der Waals surface area contributed by atoms with Crippen LogP contribution in [0.5, 0.6) is 5.75 Å². The minimum Gasteiger partial charge on any atom is -0.497 e. The average Bonchev–Trinajstić information content (AvgIpc) is 3.19. The van der Waals surface area contributed by atoms with Crippen LogP contribution < -0.4 is 25.2 Å². The molecule has 1 fully saturated rings. The summed E-state index contributed by atoms with van der Waals surface area (Å²) < 4.78 is 5.21. The molecule has 1 aromatic carbocycles. The van der Waals surface area contributed by atoms with E-state index in [4.69, 9.17) is 16.3 Å². The van der Waals surface area contributed by atoms with Crippen LogP contribution >= 0.6 is 11.6 Å². The molecule has 2 aliphatic rings. The number of β-amino-alcohol motifs (C(OH)–C–C–N with tert-alkyl or cyclic N) is 1. The normalized spacial score (nSPS) is 19.2. The fourth-order valence-corrected chi connectivity index (χ4v) is 3.51. The molecule has 3 heterocycles. The van der Waals surface area contributed by atoms with Crippen molar-refractivity contribution in [3.63, 3.8) is 0 Å². The van der Waals surface area contributed by atoms with Crippen LogP contribution in [-0.4, -0.2) is 48.4 Å². The molecule has 1 atom stereocenters. The van der Waals surface area contributed by atoms with E-state index in [1.807, 2.05) is 46.2 Å². The molecule has 0 amide bonds. The van der Waals surface area contributed by atoms with Crippen LogP contribution in [0.2, 0.25) is 5.28 Å². The summed E-state index contributed by atoms with van der Waals surface area (Å²) in [5.74, 6) is 2.28. The first-order chi connectivity index (χ1) is 12.5. The molecule has 0 spiro atoms. The first-order valence-electron chi connectivity index (χ1n) is 8.46. The number of nitrogens with one attached hydrogen (secondary N) is 1. The van der Waals surface area contributed by atoms with Gasteiger partial charge in [-0.3, -0.25) is 10.0 Å². The van der Waals surface area contributed by atoms with Gasteiger partial charge in [0.1, 0.15) is 11.4 Å². The number of aliphatic hydroxyl groups excluding tert-OH is 1. The second kappa shape index (κ2) is 6.79. The van der Waals surface area contributed by atoms with Crippen LogP contribution in [0.15, 0.2) is 24.3 Å². The topological polar surface area (TPSA) is 77.0 Å². The van der Waals surface area contributed by atoms with Gasteiger partial charge in [0.25, 0.3) is 0 Å². The molecule has 9 heteroatoms. The Kier molecular flexibility index (Phi) is 4.47. The predicted octanol–water partition coefficient (Wildman–Crippen LogP) is 1.59. The van der Waals surface area contributed by atoms with Crippen molar-refractivity contribution in [2.24, 2.45) is 0 Å². The lowest BCUT2D eigenvalue weighted by Crippen LogP contribution is -2.42. The number of aliphatic hydroxyl groups is 1. The van der Waals surface area contributed by atoms with Crippen molar-refractivity contribution in [3.05, 3.63) is 35.1 Å². The number of methoxy groups -OCH3 is 1. The van der Waals surface area contributed by atoms with E-state index in [9.17, 15) is 5.11 Å². The summed E-state index contributed by atoms with van der Waals surface area (Å²) in [5.41, 5.74) is 5.25. The van der Waals surface area contributed by atoms with Crippen molar-refractivity contribution in [2.45, 2.75) is 19.1 Å². The minimum absolute atomic E-state index is 0.192. The molecule has 26 heavy (non-hydrogen) atoms. The quantitative estimate of drug-likeness (QED) is 0.779. The van der Waals surface area contributed by atoms with Crippen molar-refractivity contribution in [1.29, 1.82) is 0 Å². The number of fused-ring (bicyclic) bond motifs is 1. The number of hydrazine groups is 2. The van der Waals surface area contributed by atoms with Gasteiger partial charge in [0.2, 0.25) is 5.28 Å². The highest BCUT2D eigenvalue weighted by Gasteiger charge is 2.33. The molecule has 1 aromatic heterocycles. The molecule has 2 aliphatic heterocycles. The number of hydrogen-bond acceptors (Lipinski definition) is 8. The Balaban J connectivity index is 1.64. The maximum atomic E-state index is 9.87. The van der Waals surface area contributed by atoms with Gasteiger partial charge in [-0.05, 0) is 35.7 Å². The molecular weight excluding hydrogens is 356 g/mol. The van der Waals surface area contributed by atoms with E-state index in [0.29, 0.717) is 13.1 Å². The summed E-state index contributed by atoms with van der Waals surface area (Å²) in [4.78, 5) is 10.9. The SMILES string of the molecule is COc1ccc(CN2NN(C)c3c(N4CCC(O)C4)nc(Cl)nc32)cc1. The van der Waals surface area contributed by atoms with Crippen molar-refractivity contribution in [2.75, 3.05) is 42.2 Å². The van der Waals surface area contributed by atoms with Crippen LogP contribution in [-0.2, 0) is 6.54 Å². The maximum absolute atomic E-state index is 9.87. The Morgan fingerprint density at radius 2 is 2.00 bits per heavy atom. The number of halogens is 1. The van der Waals surface area contributed by atoms with Gasteiger partial charge in [0.05, 0.1) is 19.8 Å². The highest BCUT2D eigenvalue weighted by Crippen LogP contribution is 2.40. The lowest BCUT2D eigenvalue weighted by molar-refractivity contribution is 0.198. The van der Waals surface area contributed by atoms with Gasteiger partial charge in [0.15, 0.2) is 11.6 Å². The summed E-state index contributed by atoms with van der Waals surface area (Å²) in [5, 5.41) is 13.9. The first-order valence-corrected chi connectivity index (χ1v) is 8.84. The molecule has 8 nitrogen and oxygen atoms in total. The molecule has 4 rings (SSSR count). The number of ether oxygens (including phenoxy) is 1. The van der Waals surface area contributed by atoms with Gasteiger partial charge in [-0.2, -0.15) is 9.97 Å². The number of benzene rings is 1. The fourth-order valence-electron chi connectivity index (χ4n) is 3.35. The monoisotopic (exact) mass is 376 g/mol. The molecule has 0 radical (unpaired) electrons. The summed E-state index contributed by atoms with van der Waals surface area (Å²) in [6, 6.07) is 7.89. The van der Waals surface area contributed by atoms with E-state index >= 15 is 0 Å². The Morgan fingerprint density at radius 3 is 2.65 bits per heavy atom. The summed E-state index contributed by atoms with van der Waals surface area (Å²) in [6.07, 6.45) is 0.387. The molecule has 138 valence electrons. The Labute approximate surface area is 156 Å². The second-order valence-corrected chi connectivity index (χ2v) is 6.81. The van der Waals surface area contributed by atoms with Crippen LogP contribution in [0.25, 0.3) is 0 Å². The summed E-state index contributed by atoms with van der Waals surface area (Å²) in [7, 11) is 3.57. The van der Waals surface area contributed by atoms with E-state index in [0.717, 1.165) is 41.6 Å². The molecule has 0 saturated carbocycles. The average molecular weight is 377 g/mol. The zero-order valence-electron chi connectivity index (χ0n) is 14.7. The number of hydrogen-bond donors (Lipinski definition) is 2. The number of rotatable bonds is 4. The Morgan fingerprint density at radius 1 is 1.27 bits per heavy atom. The van der Waals surface area contributed by atoms with Crippen LogP contribution in [0, 0.1) is 0 Å². The first kappa shape index (κ1) is 17.1. The lowest BCUT2D eigenvalue weighted by atomic mass is 10.2. The summed E-state index contributed by atoms with van der Waals surface area (Å²) >= 11 is 6.20. The molecule has 2 N–H and O–H groups in total. The number of anilines is 3. The smallest absolute Gasteiger partial charge is 0.226 e. The third-order valence-electron chi connectivity index (χ3n) is 4.64. The molecule has 0 aliphatic carbocycles. The van der Waals surface area contributed by atoms with E-state index in [-0.39, 0.29) is 11.4 Å². The van der Waals surface area contributed by atoms with E-state index in [1.54, 1.807) is 7.11 Å². The predicted molar refractivity (Wildman–Crippen MR) is 101 cm³/mol. The van der Waals surface area contributed by atoms with Crippen LogP contribution in [0.3, 0.4) is 0 Å². The van der Waals surface area contributed by atoms with Gasteiger partial charge in [-0.1, -0.05) is 12.1 Å². The van der Waals surface area contributed by atoms with Gasteiger partial charge in [-0.25, -0.2) is 0 Å². The highest BCUT2D eigenvalue weighted by atomic mass is 35.5. The van der Waals surface area contributed by atoms with E-state index in [2.05, 4.69) is 15.5 Å². The molecule has 1 unspecified atom stereocenters. The minimum atomic E-state index is -0.338. The zero-order chi connectivity index (χ0) is 18.3. The molecular formula is C17H21ClN6O2. The lowest BCUT2D eigenvalue weighted by Gasteiger charge is -2.21. The van der Waals surface area contributed by atoms with E-state index in [1.165, 1.54) is 0 Å². The van der Waals surface area contributed by atoms with Crippen molar-refractivity contribution >= 4 is 28.9 Å². The number of nitrogens with zero attached hydrogens (tertiary/aromatic N) is 5. The van der Waals surface area contributed by atoms with Gasteiger partial charge >= 0.3 is 0 Å². The maximum Gasteiger partial charge on any atom is 0.226 e. The standard InChI is InChI=1S/C17H21ClN6O2/c1-22-14-15(23-8-7-12(25)10-23)19-17(18)20-16(14)24(21-22)9-11-3-5-13(26-2)6-4-11/h3-6,12,21,25H,7-10H2,1-2H3. The number of aromatic nitrogens is 2. The Bertz CT molecular complexity index is 803. The van der Waals surface area contributed by atoms with Crippen molar-refractivity contribution in [3.8, 4) is 5.75 Å². The van der Waals surface area contributed by atoms with Crippen molar-refractivity contribution in [1.82, 2.24) is 15.5 Å². The highest BCUT2D eigenvalue weighted by molar-refractivity contribution is 6.28. The zero-order valence-corrected chi connectivity index (χ0v) is 15.4. The molecule has 1 saturated heterocycles. The van der Waals surface area contributed by atoms with Crippen LogP contribution in [0.4, 0.5) is 17.3 Å². The molecule has 0 bridgehead atoms. The summed E-state index contributed by atoms with van der Waals surface area (Å²) in [6.45, 7) is 1.90. The van der Waals surface area contributed by atoms with Gasteiger partial charge in [0, 0.05) is 20.1 Å². The third-order valence-corrected chi connectivity index (χ3v) is 4.81. The Hall–Kier alpha value is -2.29. The van der Waals surface area contributed by atoms with Gasteiger partial charge < -0.3 is 14.7 Å². The second-order valence-electron chi connectivity index (χ2n) is 6.47. The van der Waals surface area contributed by atoms with Crippen molar-refractivity contribution < 1.29 is 9.84 Å². The fraction of sp³-hybridized carbons (Fsp3) is 0.412. The van der Waals surface area contributed by atoms with Gasteiger partial charge in [-0.15, -0.1) is 5.53 Å². The molecule has 2 aromatic rings. The van der Waals surface area contributed by atoms with E-state index < -0.39 is 0 Å². The largest absolute Gasteiger partial charge is 0.497 e. The third kappa shape index (κ3) is 3.11. The van der Waals surface area contributed by atoms with Crippen LogP contribution in [0.1, 0.15) is 12.0 Å².